The third-order valence-electron chi connectivity index (χ3n) is 3.58. The van der Waals surface area contributed by atoms with Crippen molar-refractivity contribution in [1.29, 1.82) is 0 Å². The lowest BCUT2D eigenvalue weighted by Gasteiger charge is -2.29. The van der Waals surface area contributed by atoms with Crippen molar-refractivity contribution >= 4 is 30.4 Å². The Morgan fingerprint density at radius 1 is 0.565 bits per heavy atom. The van der Waals surface area contributed by atoms with Gasteiger partial charge in [0.15, 0.2) is 0 Å². The fraction of sp³-hybridized carbons (Fsp3) is 0. The molecule has 2 aromatic rings. The lowest BCUT2D eigenvalue weighted by Crippen LogP contribution is -2.08. The van der Waals surface area contributed by atoms with Gasteiger partial charge in [0.25, 0.3) is 0 Å². The Bertz CT molecular complexity index is 713. The maximum absolute atomic E-state index is 7.00. The van der Waals surface area contributed by atoms with Crippen LogP contribution in [0.2, 0.25) is 0 Å². The molecule has 113 valence electrons. The highest BCUT2D eigenvalue weighted by Crippen LogP contribution is 2.53. The van der Waals surface area contributed by atoms with Gasteiger partial charge >= 0.3 is 7.69 Å². The van der Waals surface area contributed by atoms with E-state index in [1.807, 2.05) is 36.4 Å². The Morgan fingerprint density at radius 3 is 1.22 bits per heavy atom. The van der Waals surface area contributed by atoms with Gasteiger partial charge in [0.1, 0.15) is 0 Å². The first-order valence-corrected chi connectivity index (χ1v) is 7.25. The molecule has 2 aromatic carbocycles. The second kappa shape index (κ2) is 7.00. The van der Waals surface area contributed by atoms with Crippen molar-refractivity contribution in [3.8, 4) is 11.1 Å². The molecule has 4 nitrogen and oxygen atoms in total. The molecule has 0 saturated carbocycles. The molecule has 4 rings (SSSR count). The number of rotatable bonds is 4. The zero-order valence-electron chi connectivity index (χ0n) is 12.4. The van der Waals surface area contributed by atoms with Gasteiger partial charge in [0.05, 0.1) is 11.4 Å². The third-order valence-corrected chi connectivity index (χ3v) is 3.58. The quantitative estimate of drug-likeness (QED) is 0.434. The maximum atomic E-state index is 7.00. The summed E-state index contributed by atoms with van der Waals surface area (Å²) in [7, 11) is 0. The molecule has 0 bridgehead atoms. The van der Waals surface area contributed by atoms with E-state index in [1.54, 1.807) is 0 Å². The molecule has 0 saturated heterocycles. The van der Waals surface area contributed by atoms with Gasteiger partial charge in [-0.15, -0.1) is 0 Å². The van der Waals surface area contributed by atoms with Crippen LogP contribution >= 0.6 is 0 Å². The van der Waals surface area contributed by atoms with Gasteiger partial charge in [-0.2, -0.15) is 0 Å². The minimum Gasteiger partial charge on any atom is -0.429 e. The van der Waals surface area contributed by atoms with Gasteiger partial charge in [-0.3, -0.25) is 0 Å². The Kier molecular flexibility index (Phi) is 4.61. The monoisotopic (exact) mass is 303 g/mol. The van der Waals surface area contributed by atoms with Gasteiger partial charge in [-0.1, -0.05) is 48.5 Å². The molecular weight excluding hydrogens is 287 g/mol. The molecule has 4 N–H and O–H groups in total. The van der Waals surface area contributed by atoms with E-state index in [-0.39, 0.29) is 7.69 Å². The molecule has 23 heavy (non-hydrogen) atoms. The summed E-state index contributed by atoms with van der Waals surface area (Å²) in [4.78, 5) is 0. The fourth-order valence-electron chi connectivity index (χ4n) is 2.48. The first-order chi connectivity index (χ1) is 11.3. The Balaban J connectivity index is 0.000000485. The third kappa shape index (κ3) is 3.21. The summed E-state index contributed by atoms with van der Waals surface area (Å²) in [5.41, 5.74) is 7.21. The van der Waals surface area contributed by atoms with Gasteiger partial charge in [-0.25, -0.2) is 0 Å². The van der Waals surface area contributed by atoms with Crippen molar-refractivity contribution < 1.29 is 10.0 Å². The van der Waals surface area contributed by atoms with Crippen molar-refractivity contribution in [3.63, 3.8) is 0 Å². The minimum absolute atomic E-state index is 0. The second-order valence-electron chi connectivity index (χ2n) is 5.01. The van der Waals surface area contributed by atoms with Crippen molar-refractivity contribution in [3.05, 3.63) is 72.8 Å². The topological polar surface area (TPSA) is 64.5 Å². The van der Waals surface area contributed by atoms with Crippen LogP contribution in [0.5, 0.6) is 0 Å². The molecule has 1 radical (unpaired) electrons. The smallest absolute Gasteiger partial charge is 0.429 e. The van der Waals surface area contributed by atoms with E-state index in [4.69, 9.17) is 10.0 Å². The first kappa shape index (κ1) is 15.2. The molecule has 0 aliphatic heterocycles. The van der Waals surface area contributed by atoms with Gasteiger partial charge in [0, 0.05) is 22.5 Å². The van der Waals surface area contributed by atoms with Crippen LogP contribution in [0.4, 0.5) is 22.7 Å². The Labute approximate surface area is 135 Å². The van der Waals surface area contributed by atoms with Crippen LogP contribution in [-0.2, 0) is 0 Å². The van der Waals surface area contributed by atoms with Gasteiger partial charge < -0.3 is 20.7 Å². The standard InChI is InChI=1S/C18H14N2.BH2O2/c1-3-7-13(8-4-1)19-17-15-11-12-16(15)18(17)20-14-9-5-2-6-10-14;2-1-3/h1-12,19-20H;2-3H. The van der Waals surface area contributed by atoms with E-state index in [9.17, 15) is 0 Å². The van der Waals surface area contributed by atoms with Crippen LogP contribution in [-0.4, -0.2) is 17.7 Å². The molecule has 0 heterocycles. The predicted molar refractivity (Wildman–Crippen MR) is 95.1 cm³/mol. The number of nitrogens with one attached hydrogen (secondary N) is 2. The minimum atomic E-state index is 0. The van der Waals surface area contributed by atoms with Crippen LogP contribution in [0.1, 0.15) is 0 Å². The van der Waals surface area contributed by atoms with Crippen LogP contribution in [0.25, 0.3) is 11.1 Å². The Hall–Kier alpha value is -2.76. The van der Waals surface area contributed by atoms with Crippen LogP contribution < -0.4 is 10.6 Å². The van der Waals surface area contributed by atoms with Crippen LogP contribution in [0, 0.1) is 0 Å². The molecular formula is C18H16BN2O2. The van der Waals surface area contributed by atoms with Crippen molar-refractivity contribution in [1.82, 2.24) is 0 Å². The summed E-state index contributed by atoms with van der Waals surface area (Å²) in [5, 5.41) is 21.0. The van der Waals surface area contributed by atoms with E-state index in [2.05, 4.69) is 47.0 Å². The lowest BCUT2D eigenvalue weighted by molar-refractivity contribution is 0.448. The second-order valence-corrected chi connectivity index (χ2v) is 5.01. The molecule has 0 spiro atoms. The Morgan fingerprint density at radius 2 is 0.913 bits per heavy atom. The van der Waals surface area contributed by atoms with Crippen molar-refractivity contribution in [2.45, 2.75) is 0 Å². The summed E-state index contributed by atoms with van der Waals surface area (Å²) >= 11 is 0. The van der Waals surface area contributed by atoms with Crippen LogP contribution in [0.3, 0.4) is 0 Å². The first-order valence-electron chi connectivity index (χ1n) is 7.25. The molecule has 0 fully saturated rings. The zero-order valence-corrected chi connectivity index (χ0v) is 12.4. The van der Waals surface area contributed by atoms with E-state index in [1.165, 1.54) is 22.5 Å². The highest BCUT2D eigenvalue weighted by atomic mass is 16.4. The number of hydrogen-bond acceptors (Lipinski definition) is 4. The number of fused-ring (bicyclic) bond motifs is 1. The fourth-order valence-corrected chi connectivity index (χ4v) is 2.48. The molecule has 2 aliphatic carbocycles. The number of benzene rings is 3. The van der Waals surface area contributed by atoms with E-state index < -0.39 is 0 Å². The number of para-hydroxylation sites is 2. The highest BCUT2D eigenvalue weighted by molar-refractivity contribution is 6.13. The average Bonchev–Trinajstić information content (AvgIpc) is 2.56. The highest BCUT2D eigenvalue weighted by Gasteiger charge is 2.26. The summed E-state index contributed by atoms with van der Waals surface area (Å²) in [6.07, 6.45) is 0. The summed E-state index contributed by atoms with van der Waals surface area (Å²) in [6, 6.07) is 24.8. The van der Waals surface area contributed by atoms with Gasteiger partial charge in [0.2, 0.25) is 0 Å². The SMILES string of the molecule is O[B]O.c1ccc(Nc2c3ccc-3c2Nc2ccccc2)cc1. The van der Waals surface area contributed by atoms with E-state index in [0.29, 0.717) is 0 Å². The summed E-state index contributed by atoms with van der Waals surface area (Å²) in [6.45, 7) is 0. The molecule has 0 aromatic heterocycles. The lowest BCUT2D eigenvalue weighted by atomic mass is 9.87. The summed E-state index contributed by atoms with van der Waals surface area (Å²) < 4.78 is 0. The average molecular weight is 303 g/mol. The summed E-state index contributed by atoms with van der Waals surface area (Å²) in [5.74, 6) is 0. The van der Waals surface area contributed by atoms with Crippen molar-refractivity contribution in [2.75, 3.05) is 10.6 Å². The van der Waals surface area contributed by atoms with E-state index in [0.717, 1.165) is 11.4 Å². The van der Waals surface area contributed by atoms with Crippen LogP contribution in [0.15, 0.2) is 72.8 Å². The predicted octanol–water partition coefficient (Wildman–Crippen LogP) is 3.66. The maximum Gasteiger partial charge on any atom is 0.482 e. The van der Waals surface area contributed by atoms with Crippen molar-refractivity contribution in [2.24, 2.45) is 0 Å². The number of hydrogen-bond donors (Lipinski definition) is 4. The zero-order chi connectivity index (χ0) is 16.1. The molecule has 5 heteroatoms. The molecule has 0 unspecified atom stereocenters. The normalized spacial score (nSPS) is 10.2. The molecule has 0 atom stereocenters. The number of anilines is 4. The van der Waals surface area contributed by atoms with Gasteiger partial charge in [-0.05, 0) is 24.3 Å². The largest absolute Gasteiger partial charge is 0.482 e. The van der Waals surface area contributed by atoms with E-state index >= 15 is 0 Å². The molecule has 2 aliphatic rings. The molecule has 0 amide bonds.